The Bertz CT molecular complexity index is 889. The summed E-state index contributed by atoms with van der Waals surface area (Å²) in [5.41, 5.74) is 0.0227. The normalized spacial score (nSPS) is 11.7. The van der Waals surface area contributed by atoms with Crippen LogP contribution in [0, 0.1) is 0 Å². The highest BCUT2D eigenvalue weighted by atomic mass is 35.5. The zero-order valence-corrected chi connectivity index (χ0v) is 12.2. The lowest BCUT2D eigenvalue weighted by Gasteiger charge is -2.12. The molecule has 4 nitrogen and oxygen atoms in total. The lowest BCUT2D eigenvalue weighted by Crippen LogP contribution is -2.13. The molecule has 0 fully saturated rings. The van der Waals surface area contributed by atoms with E-state index in [1.54, 1.807) is 35.3 Å². The molecule has 0 saturated carbocycles. The van der Waals surface area contributed by atoms with Crippen LogP contribution in [0.1, 0.15) is 15.9 Å². The standard InChI is InChI=1S/C15H9ClF3N3O/c16-13-2-1-10(6-12(13)15(17,18)19)21-14(23)9-3-4-22-8-20-7-11(22)5-9/h1-8H,(H,21,23). The minimum absolute atomic E-state index is 0.0140. The lowest BCUT2D eigenvalue weighted by molar-refractivity contribution is -0.137. The number of pyridine rings is 1. The number of imidazole rings is 1. The predicted molar refractivity (Wildman–Crippen MR) is 79.6 cm³/mol. The van der Waals surface area contributed by atoms with E-state index in [1.807, 2.05) is 0 Å². The van der Waals surface area contributed by atoms with Crippen LogP contribution in [-0.4, -0.2) is 15.3 Å². The van der Waals surface area contributed by atoms with E-state index in [0.717, 1.165) is 12.1 Å². The van der Waals surface area contributed by atoms with Crippen molar-refractivity contribution in [3.8, 4) is 0 Å². The number of nitrogens with one attached hydrogen (secondary N) is 1. The zero-order valence-electron chi connectivity index (χ0n) is 11.4. The van der Waals surface area contributed by atoms with Crippen LogP contribution >= 0.6 is 11.6 Å². The summed E-state index contributed by atoms with van der Waals surface area (Å²) in [6, 6.07) is 6.35. The van der Waals surface area contributed by atoms with E-state index >= 15 is 0 Å². The van der Waals surface area contributed by atoms with Crippen LogP contribution in [0.5, 0.6) is 0 Å². The van der Waals surface area contributed by atoms with Crippen LogP contribution in [0.3, 0.4) is 0 Å². The Labute approximate surface area is 133 Å². The third-order valence-corrected chi connectivity index (χ3v) is 3.54. The number of anilines is 1. The van der Waals surface area contributed by atoms with Gasteiger partial charge in [0.15, 0.2) is 0 Å². The summed E-state index contributed by atoms with van der Waals surface area (Å²) >= 11 is 5.54. The minimum Gasteiger partial charge on any atom is -0.322 e. The van der Waals surface area contributed by atoms with Crippen molar-refractivity contribution in [3.05, 3.63) is 65.2 Å². The van der Waals surface area contributed by atoms with E-state index in [4.69, 9.17) is 11.6 Å². The molecule has 0 saturated heterocycles. The van der Waals surface area contributed by atoms with Gasteiger partial charge in [0.25, 0.3) is 5.91 Å². The summed E-state index contributed by atoms with van der Waals surface area (Å²) in [4.78, 5) is 16.1. The third kappa shape index (κ3) is 3.14. The highest BCUT2D eigenvalue weighted by Gasteiger charge is 2.33. The monoisotopic (exact) mass is 339 g/mol. The summed E-state index contributed by atoms with van der Waals surface area (Å²) in [6.07, 6.45) is 0.196. The highest BCUT2D eigenvalue weighted by Crippen LogP contribution is 2.36. The van der Waals surface area contributed by atoms with Gasteiger partial charge in [0, 0.05) is 17.4 Å². The molecule has 2 heterocycles. The number of nitrogens with zero attached hydrogens (tertiary/aromatic N) is 2. The van der Waals surface area contributed by atoms with Crippen LogP contribution in [0.25, 0.3) is 5.52 Å². The highest BCUT2D eigenvalue weighted by molar-refractivity contribution is 6.31. The summed E-state index contributed by atoms with van der Waals surface area (Å²) in [5.74, 6) is -0.524. The predicted octanol–water partition coefficient (Wildman–Crippen LogP) is 4.26. The first-order valence-electron chi connectivity index (χ1n) is 6.44. The maximum atomic E-state index is 12.8. The average molecular weight is 340 g/mol. The summed E-state index contributed by atoms with van der Waals surface area (Å²) in [5, 5.41) is 2.01. The number of hydrogen-bond acceptors (Lipinski definition) is 2. The Kier molecular flexibility index (Phi) is 3.73. The quantitative estimate of drug-likeness (QED) is 0.758. The molecule has 1 N–H and O–H groups in total. The van der Waals surface area contributed by atoms with E-state index < -0.39 is 22.7 Å². The first kappa shape index (κ1) is 15.4. The molecule has 1 aromatic carbocycles. The molecule has 2 aromatic heterocycles. The molecule has 0 bridgehead atoms. The third-order valence-electron chi connectivity index (χ3n) is 3.21. The molecule has 0 spiro atoms. The van der Waals surface area contributed by atoms with Crippen LogP contribution in [-0.2, 0) is 6.18 Å². The molecule has 23 heavy (non-hydrogen) atoms. The molecule has 0 atom stereocenters. The number of hydrogen-bond donors (Lipinski definition) is 1. The number of halogens is 4. The first-order chi connectivity index (χ1) is 10.8. The topological polar surface area (TPSA) is 46.4 Å². The maximum Gasteiger partial charge on any atom is 0.417 e. The van der Waals surface area contributed by atoms with Gasteiger partial charge in [0.2, 0.25) is 0 Å². The molecule has 0 radical (unpaired) electrons. The van der Waals surface area contributed by atoms with Crippen molar-refractivity contribution in [2.45, 2.75) is 6.18 Å². The molecule has 118 valence electrons. The van der Waals surface area contributed by atoms with Crippen molar-refractivity contribution < 1.29 is 18.0 Å². The Morgan fingerprint density at radius 2 is 2.00 bits per heavy atom. The van der Waals surface area contributed by atoms with Crippen LogP contribution in [0.15, 0.2) is 49.1 Å². The van der Waals surface area contributed by atoms with Crippen molar-refractivity contribution in [3.63, 3.8) is 0 Å². The number of rotatable bonds is 2. The first-order valence-corrected chi connectivity index (χ1v) is 6.82. The largest absolute Gasteiger partial charge is 0.417 e. The van der Waals surface area contributed by atoms with Gasteiger partial charge in [-0.2, -0.15) is 13.2 Å². The van der Waals surface area contributed by atoms with Gasteiger partial charge >= 0.3 is 6.18 Å². The Morgan fingerprint density at radius 3 is 2.74 bits per heavy atom. The van der Waals surface area contributed by atoms with E-state index in [0.29, 0.717) is 11.1 Å². The molecule has 0 aliphatic heterocycles. The fourth-order valence-corrected chi connectivity index (χ4v) is 2.31. The molecule has 1 amide bonds. The molecule has 3 rings (SSSR count). The van der Waals surface area contributed by atoms with Gasteiger partial charge in [-0.15, -0.1) is 0 Å². The number of fused-ring (bicyclic) bond motifs is 1. The number of carbonyl (C=O) groups excluding carboxylic acids is 1. The maximum absolute atomic E-state index is 12.8. The van der Waals surface area contributed by atoms with E-state index in [-0.39, 0.29) is 5.69 Å². The van der Waals surface area contributed by atoms with Gasteiger partial charge in [0.1, 0.15) is 0 Å². The fraction of sp³-hybridized carbons (Fsp3) is 0.0667. The number of alkyl halides is 3. The number of benzene rings is 1. The van der Waals surface area contributed by atoms with Gasteiger partial charge in [-0.25, -0.2) is 4.98 Å². The second-order valence-electron chi connectivity index (χ2n) is 4.79. The Balaban J connectivity index is 1.87. The number of carbonyl (C=O) groups is 1. The van der Waals surface area contributed by atoms with Crippen molar-refractivity contribution in [2.24, 2.45) is 0 Å². The Hall–Kier alpha value is -2.54. The van der Waals surface area contributed by atoms with Gasteiger partial charge in [-0.1, -0.05) is 11.6 Å². The van der Waals surface area contributed by atoms with Gasteiger partial charge in [-0.05, 0) is 30.3 Å². The SMILES string of the molecule is O=C(Nc1ccc(Cl)c(C(F)(F)F)c1)c1ccn2cncc2c1. The van der Waals surface area contributed by atoms with Gasteiger partial charge < -0.3 is 9.72 Å². The number of aromatic nitrogens is 2. The molecule has 0 aliphatic rings. The van der Waals surface area contributed by atoms with Crippen molar-refractivity contribution in [1.82, 2.24) is 9.38 Å². The fourth-order valence-electron chi connectivity index (χ4n) is 2.08. The van der Waals surface area contributed by atoms with E-state index in [1.165, 1.54) is 6.07 Å². The van der Waals surface area contributed by atoms with Crippen LogP contribution < -0.4 is 5.32 Å². The van der Waals surface area contributed by atoms with Gasteiger partial charge in [-0.3, -0.25) is 4.79 Å². The molecule has 3 aromatic rings. The summed E-state index contributed by atoms with van der Waals surface area (Å²) in [6.45, 7) is 0. The molecule has 8 heteroatoms. The van der Waals surface area contributed by atoms with Gasteiger partial charge in [0.05, 0.1) is 28.6 Å². The van der Waals surface area contributed by atoms with Crippen LogP contribution in [0.2, 0.25) is 5.02 Å². The lowest BCUT2D eigenvalue weighted by atomic mass is 10.1. The minimum atomic E-state index is -4.59. The average Bonchev–Trinajstić information content (AvgIpc) is 2.95. The summed E-state index contributed by atoms with van der Waals surface area (Å²) < 4.78 is 40.2. The molecular weight excluding hydrogens is 331 g/mol. The molecular formula is C15H9ClF3N3O. The van der Waals surface area contributed by atoms with E-state index in [9.17, 15) is 18.0 Å². The van der Waals surface area contributed by atoms with Crippen molar-refractivity contribution >= 4 is 28.7 Å². The van der Waals surface area contributed by atoms with Crippen LogP contribution in [0.4, 0.5) is 18.9 Å². The Morgan fingerprint density at radius 1 is 1.22 bits per heavy atom. The summed E-state index contributed by atoms with van der Waals surface area (Å²) in [7, 11) is 0. The van der Waals surface area contributed by atoms with Crippen molar-refractivity contribution in [1.29, 1.82) is 0 Å². The second-order valence-corrected chi connectivity index (χ2v) is 5.19. The second kappa shape index (κ2) is 5.58. The molecule has 0 unspecified atom stereocenters. The van der Waals surface area contributed by atoms with E-state index in [2.05, 4.69) is 10.3 Å². The zero-order chi connectivity index (χ0) is 16.6. The number of amides is 1. The van der Waals surface area contributed by atoms with Crippen molar-refractivity contribution in [2.75, 3.05) is 5.32 Å². The molecule has 0 aliphatic carbocycles. The smallest absolute Gasteiger partial charge is 0.322 e.